The maximum absolute atomic E-state index is 10.6. The maximum atomic E-state index is 10.6. The second kappa shape index (κ2) is 6.06. The van der Waals surface area contributed by atoms with E-state index in [4.69, 9.17) is 9.84 Å². The first kappa shape index (κ1) is 11.6. The molecule has 15 heavy (non-hydrogen) atoms. The largest absolute Gasteiger partial charge is 0.494 e. The zero-order valence-electron chi connectivity index (χ0n) is 8.90. The van der Waals surface area contributed by atoms with Crippen molar-refractivity contribution in [2.45, 2.75) is 26.2 Å². The fourth-order valence-electron chi connectivity index (χ4n) is 1.24. The van der Waals surface area contributed by atoms with Crippen LogP contribution in [0.4, 0.5) is 0 Å². The first-order valence-corrected chi connectivity index (χ1v) is 5.20. The molecular formula is C12H16O3. The lowest BCUT2D eigenvalue weighted by atomic mass is 10.2. The Morgan fingerprint density at radius 3 is 2.47 bits per heavy atom. The van der Waals surface area contributed by atoms with Gasteiger partial charge < -0.3 is 9.84 Å². The normalized spacial score (nSPS) is 9.93. The first-order valence-electron chi connectivity index (χ1n) is 5.20. The number of benzene rings is 1. The molecule has 1 rings (SSSR count). The van der Waals surface area contributed by atoms with E-state index in [0.717, 1.165) is 18.6 Å². The quantitative estimate of drug-likeness (QED) is 0.731. The Hall–Kier alpha value is -1.51. The van der Waals surface area contributed by atoms with Crippen molar-refractivity contribution < 1.29 is 14.6 Å². The average molecular weight is 208 g/mol. The molecule has 0 radical (unpaired) electrons. The topological polar surface area (TPSA) is 46.5 Å². The number of aromatic carboxylic acids is 1. The van der Waals surface area contributed by atoms with Gasteiger partial charge in [-0.3, -0.25) is 0 Å². The molecular weight excluding hydrogens is 192 g/mol. The molecule has 0 fully saturated rings. The predicted molar refractivity (Wildman–Crippen MR) is 58.4 cm³/mol. The molecule has 1 N–H and O–H groups in total. The van der Waals surface area contributed by atoms with Crippen LogP contribution in [0, 0.1) is 0 Å². The van der Waals surface area contributed by atoms with Gasteiger partial charge in [0, 0.05) is 0 Å². The fraction of sp³-hybridized carbons (Fsp3) is 0.417. The molecule has 0 aliphatic rings. The summed E-state index contributed by atoms with van der Waals surface area (Å²) >= 11 is 0. The molecule has 0 bridgehead atoms. The summed E-state index contributed by atoms with van der Waals surface area (Å²) in [5, 5.41) is 8.68. The van der Waals surface area contributed by atoms with Crippen LogP contribution in [0.3, 0.4) is 0 Å². The average Bonchev–Trinajstić information content (AvgIpc) is 2.25. The summed E-state index contributed by atoms with van der Waals surface area (Å²) in [5.41, 5.74) is 0.288. The SMILES string of the molecule is CCCCCOc1ccc(C(=O)O)cc1. The van der Waals surface area contributed by atoms with Crippen molar-refractivity contribution in [1.29, 1.82) is 0 Å². The van der Waals surface area contributed by atoms with Crippen molar-refractivity contribution >= 4 is 5.97 Å². The van der Waals surface area contributed by atoms with Gasteiger partial charge in [0.1, 0.15) is 5.75 Å². The Balaban J connectivity index is 2.39. The van der Waals surface area contributed by atoms with Gasteiger partial charge in [-0.05, 0) is 30.7 Å². The maximum Gasteiger partial charge on any atom is 0.335 e. The summed E-state index contributed by atoms with van der Waals surface area (Å²) in [6, 6.07) is 6.49. The molecule has 1 aromatic carbocycles. The van der Waals surface area contributed by atoms with Crippen molar-refractivity contribution in [3.05, 3.63) is 29.8 Å². The molecule has 0 unspecified atom stereocenters. The third kappa shape index (κ3) is 4.02. The smallest absolute Gasteiger partial charge is 0.335 e. The Labute approximate surface area is 89.7 Å². The number of unbranched alkanes of at least 4 members (excludes halogenated alkanes) is 2. The van der Waals surface area contributed by atoms with Gasteiger partial charge in [0.2, 0.25) is 0 Å². The van der Waals surface area contributed by atoms with Crippen LogP contribution in [0.5, 0.6) is 5.75 Å². The van der Waals surface area contributed by atoms with Crippen molar-refractivity contribution in [2.75, 3.05) is 6.61 Å². The van der Waals surface area contributed by atoms with Crippen molar-refractivity contribution in [1.82, 2.24) is 0 Å². The van der Waals surface area contributed by atoms with E-state index < -0.39 is 5.97 Å². The van der Waals surface area contributed by atoms with Gasteiger partial charge >= 0.3 is 5.97 Å². The molecule has 0 saturated carbocycles. The summed E-state index contributed by atoms with van der Waals surface area (Å²) in [5.74, 6) is -0.177. The third-order valence-corrected chi connectivity index (χ3v) is 2.12. The van der Waals surface area contributed by atoms with Crippen LogP contribution in [0.1, 0.15) is 36.5 Å². The van der Waals surface area contributed by atoms with Crippen LogP contribution < -0.4 is 4.74 Å². The molecule has 0 aromatic heterocycles. The number of hydrogen-bond donors (Lipinski definition) is 1. The number of rotatable bonds is 6. The minimum atomic E-state index is -0.910. The van der Waals surface area contributed by atoms with Gasteiger partial charge in [-0.25, -0.2) is 4.79 Å². The number of ether oxygens (including phenoxy) is 1. The molecule has 1 aromatic rings. The van der Waals surface area contributed by atoms with Gasteiger partial charge in [-0.2, -0.15) is 0 Å². The van der Waals surface area contributed by atoms with E-state index in [9.17, 15) is 4.79 Å². The van der Waals surface area contributed by atoms with Crippen LogP contribution in [-0.4, -0.2) is 17.7 Å². The molecule has 0 heterocycles. The first-order chi connectivity index (χ1) is 7.24. The molecule has 0 aliphatic heterocycles. The zero-order chi connectivity index (χ0) is 11.1. The van der Waals surface area contributed by atoms with E-state index in [1.807, 2.05) is 0 Å². The van der Waals surface area contributed by atoms with E-state index in [2.05, 4.69) is 6.92 Å². The summed E-state index contributed by atoms with van der Waals surface area (Å²) in [6.07, 6.45) is 3.37. The standard InChI is InChI=1S/C12H16O3/c1-2-3-4-9-15-11-7-5-10(6-8-11)12(13)14/h5-8H,2-4,9H2,1H3,(H,13,14). The predicted octanol–water partition coefficient (Wildman–Crippen LogP) is 2.95. The van der Waals surface area contributed by atoms with Crippen LogP contribution in [0.15, 0.2) is 24.3 Å². The summed E-state index contributed by atoms with van der Waals surface area (Å²) in [4.78, 5) is 10.6. The van der Waals surface area contributed by atoms with E-state index >= 15 is 0 Å². The summed E-state index contributed by atoms with van der Waals surface area (Å²) < 4.78 is 5.45. The monoisotopic (exact) mass is 208 g/mol. The van der Waals surface area contributed by atoms with E-state index in [1.54, 1.807) is 24.3 Å². The van der Waals surface area contributed by atoms with Crippen molar-refractivity contribution in [3.8, 4) is 5.75 Å². The van der Waals surface area contributed by atoms with Gasteiger partial charge in [-0.15, -0.1) is 0 Å². The Morgan fingerprint density at radius 1 is 1.27 bits per heavy atom. The minimum Gasteiger partial charge on any atom is -0.494 e. The number of hydrogen-bond acceptors (Lipinski definition) is 2. The molecule has 3 nitrogen and oxygen atoms in total. The second-order valence-electron chi connectivity index (χ2n) is 3.39. The van der Waals surface area contributed by atoms with Crippen LogP contribution in [0.25, 0.3) is 0 Å². The highest BCUT2D eigenvalue weighted by molar-refractivity contribution is 5.87. The minimum absolute atomic E-state index is 0.288. The number of carboxylic acids is 1. The van der Waals surface area contributed by atoms with Crippen LogP contribution >= 0.6 is 0 Å². The van der Waals surface area contributed by atoms with E-state index in [0.29, 0.717) is 6.61 Å². The van der Waals surface area contributed by atoms with Crippen LogP contribution in [0.2, 0.25) is 0 Å². The highest BCUT2D eigenvalue weighted by Crippen LogP contribution is 2.12. The van der Waals surface area contributed by atoms with Crippen LogP contribution in [-0.2, 0) is 0 Å². The molecule has 82 valence electrons. The van der Waals surface area contributed by atoms with Gasteiger partial charge in [0.25, 0.3) is 0 Å². The number of carbonyl (C=O) groups is 1. The van der Waals surface area contributed by atoms with Gasteiger partial charge in [0.05, 0.1) is 12.2 Å². The lowest BCUT2D eigenvalue weighted by Crippen LogP contribution is -1.99. The molecule has 0 atom stereocenters. The lowest BCUT2D eigenvalue weighted by molar-refractivity contribution is 0.0697. The summed E-state index contributed by atoms with van der Waals surface area (Å²) in [7, 11) is 0. The van der Waals surface area contributed by atoms with E-state index in [1.165, 1.54) is 6.42 Å². The molecule has 0 saturated heterocycles. The summed E-state index contributed by atoms with van der Waals surface area (Å²) in [6.45, 7) is 2.84. The second-order valence-corrected chi connectivity index (χ2v) is 3.39. The molecule has 0 amide bonds. The zero-order valence-corrected chi connectivity index (χ0v) is 8.90. The highest BCUT2D eigenvalue weighted by Gasteiger charge is 2.01. The molecule has 3 heteroatoms. The van der Waals surface area contributed by atoms with Crippen molar-refractivity contribution in [3.63, 3.8) is 0 Å². The Morgan fingerprint density at radius 2 is 1.93 bits per heavy atom. The third-order valence-electron chi connectivity index (χ3n) is 2.12. The van der Waals surface area contributed by atoms with Gasteiger partial charge in [0.15, 0.2) is 0 Å². The Kier molecular flexibility index (Phi) is 4.68. The Bertz CT molecular complexity index is 303. The molecule has 0 aliphatic carbocycles. The van der Waals surface area contributed by atoms with E-state index in [-0.39, 0.29) is 5.56 Å². The number of carboxylic acid groups (broad SMARTS) is 1. The molecule has 0 spiro atoms. The van der Waals surface area contributed by atoms with Crippen molar-refractivity contribution in [2.24, 2.45) is 0 Å². The fourth-order valence-corrected chi connectivity index (χ4v) is 1.24. The lowest BCUT2D eigenvalue weighted by Gasteiger charge is -2.05. The highest BCUT2D eigenvalue weighted by atomic mass is 16.5. The van der Waals surface area contributed by atoms with Gasteiger partial charge in [-0.1, -0.05) is 19.8 Å².